The quantitative estimate of drug-likeness (QED) is 0.549. The number of hydrogen-bond acceptors (Lipinski definition) is 0. The minimum absolute atomic E-state index is 0.787. The molecule has 0 heterocycles. The molecule has 0 aromatic heterocycles. The van der Waals surface area contributed by atoms with Gasteiger partial charge in [0.25, 0.3) is 0 Å². The van der Waals surface area contributed by atoms with E-state index in [0.29, 0.717) is 0 Å². The molecule has 0 nitrogen and oxygen atoms in total. The van der Waals surface area contributed by atoms with Gasteiger partial charge in [-0.1, -0.05) is 20.3 Å². The van der Waals surface area contributed by atoms with E-state index >= 15 is 0 Å². The summed E-state index contributed by atoms with van der Waals surface area (Å²) in [5, 5.41) is 0. The molecule has 58 valence electrons. The summed E-state index contributed by atoms with van der Waals surface area (Å²) in [5.41, 5.74) is 0.787. The molecular formula is C10H18. The molecule has 2 aliphatic rings. The zero-order valence-corrected chi connectivity index (χ0v) is 7.19. The average molecular weight is 138 g/mol. The van der Waals surface area contributed by atoms with Crippen molar-refractivity contribution in [2.24, 2.45) is 17.3 Å². The molecule has 0 aliphatic heterocycles. The molecule has 0 heteroatoms. The largest absolute Gasteiger partial charge is 0.0622 e. The molecule has 0 saturated heterocycles. The Kier molecular flexibility index (Phi) is 1.33. The van der Waals surface area contributed by atoms with Crippen LogP contribution < -0.4 is 0 Å². The predicted octanol–water partition coefficient (Wildman–Crippen LogP) is 3.22. The Bertz CT molecular complexity index is 133. The van der Waals surface area contributed by atoms with Gasteiger partial charge in [-0.2, -0.15) is 0 Å². The van der Waals surface area contributed by atoms with E-state index < -0.39 is 0 Å². The first kappa shape index (κ1) is 6.69. The molecule has 0 amide bonds. The van der Waals surface area contributed by atoms with E-state index in [9.17, 15) is 0 Å². The van der Waals surface area contributed by atoms with Crippen LogP contribution >= 0.6 is 0 Å². The fourth-order valence-corrected chi connectivity index (χ4v) is 2.30. The van der Waals surface area contributed by atoms with Crippen molar-refractivity contribution >= 4 is 0 Å². The Balaban J connectivity index is 1.79. The van der Waals surface area contributed by atoms with Gasteiger partial charge in [0.2, 0.25) is 0 Å². The minimum Gasteiger partial charge on any atom is -0.0622 e. The van der Waals surface area contributed by atoms with Crippen molar-refractivity contribution in [1.82, 2.24) is 0 Å². The minimum atomic E-state index is 0.787. The van der Waals surface area contributed by atoms with Gasteiger partial charge in [-0.05, 0) is 42.9 Å². The van der Waals surface area contributed by atoms with Gasteiger partial charge >= 0.3 is 0 Å². The van der Waals surface area contributed by atoms with Crippen LogP contribution in [0.5, 0.6) is 0 Å². The van der Waals surface area contributed by atoms with Crippen molar-refractivity contribution in [2.45, 2.75) is 46.0 Å². The lowest BCUT2D eigenvalue weighted by Gasteiger charge is -2.38. The second kappa shape index (κ2) is 1.99. The third kappa shape index (κ3) is 1.09. The SMILES string of the molecule is CC1CC1CC1(C)CCC1. The third-order valence-electron chi connectivity index (χ3n) is 3.59. The van der Waals surface area contributed by atoms with E-state index in [1.54, 1.807) is 0 Å². The first-order valence-corrected chi connectivity index (χ1v) is 4.70. The van der Waals surface area contributed by atoms with Crippen LogP contribution in [0.3, 0.4) is 0 Å². The van der Waals surface area contributed by atoms with Crippen LogP contribution in [0.4, 0.5) is 0 Å². The van der Waals surface area contributed by atoms with E-state index in [1.165, 1.54) is 32.1 Å². The smallest absolute Gasteiger partial charge is 0.0323 e. The summed E-state index contributed by atoms with van der Waals surface area (Å²) in [6.07, 6.45) is 7.58. The normalized spacial score (nSPS) is 42.6. The standard InChI is InChI=1S/C10H18/c1-8-6-9(8)7-10(2)4-3-5-10/h8-9H,3-7H2,1-2H3. The molecule has 0 aromatic carbocycles. The third-order valence-corrected chi connectivity index (χ3v) is 3.59. The molecule has 10 heavy (non-hydrogen) atoms. The van der Waals surface area contributed by atoms with Gasteiger partial charge in [-0.3, -0.25) is 0 Å². The molecule has 2 unspecified atom stereocenters. The first-order chi connectivity index (χ1) is 4.70. The van der Waals surface area contributed by atoms with Crippen LogP contribution in [0.1, 0.15) is 46.0 Å². The first-order valence-electron chi connectivity index (χ1n) is 4.70. The van der Waals surface area contributed by atoms with Crippen LogP contribution in [0.15, 0.2) is 0 Å². The van der Waals surface area contributed by atoms with Crippen molar-refractivity contribution in [3.63, 3.8) is 0 Å². The van der Waals surface area contributed by atoms with Crippen molar-refractivity contribution in [3.8, 4) is 0 Å². The lowest BCUT2D eigenvalue weighted by molar-refractivity contribution is 0.135. The van der Waals surface area contributed by atoms with Crippen molar-refractivity contribution < 1.29 is 0 Å². The lowest BCUT2D eigenvalue weighted by atomic mass is 9.67. The maximum absolute atomic E-state index is 2.47. The fraction of sp³-hybridized carbons (Fsp3) is 1.00. The maximum atomic E-state index is 2.47. The molecule has 0 N–H and O–H groups in total. The Labute approximate surface area is 64.0 Å². The van der Waals surface area contributed by atoms with Gasteiger partial charge in [0.05, 0.1) is 0 Å². The second-order valence-corrected chi connectivity index (χ2v) is 4.84. The number of hydrogen-bond donors (Lipinski definition) is 0. The molecule has 2 fully saturated rings. The summed E-state index contributed by atoms with van der Waals surface area (Å²) in [5.74, 6) is 2.18. The summed E-state index contributed by atoms with van der Waals surface area (Å²) in [6, 6.07) is 0. The molecule has 2 rings (SSSR count). The molecule has 2 saturated carbocycles. The molecule has 0 radical (unpaired) electrons. The summed E-state index contributed by atoms with van der Waals surface area (Å²) in [6.45, 7) is 4.87. The van der Waals surface area contributed by atoms with Crippen LogP contribution in [-0.2, 0) is 0 Å². The molecule has 2 aliphatic carbocycles. The predicted molar refractivity (Wildman–Crippen MR) is 43.8 cm³/mol. The van der Waals surface area contributed by atoms with E-state index in [0.717, 1.165) is 17.3 Å². The van der Waals surface area contributed by atoms with Crippen molar-refractivity contribution in [3.05, 3.63) is 0 Å². The van der Waals surface area contributed by atoms with E-state index in [-0.39, 0.29) is 0 Å². The van der Waals surface area contributed by atoms with E-state index in [2.05, 4.69) is 13.8 Å². The van der Waals surface area contributed by atoms with Crippen molar-refractivity contribution in [2.75, 3.05) is 0 Å². The van der Waals surface area contributed by atoms with Gasteiger partial charge in [-0.15, -0.1) is 0 Å². The molecule has 2 atom stereocenters. The zero-order chi connectivity index (χ0) is 7.19. The highest BCUT2D eigenvalue weighted by Gasteiger charge is 2.41. The summed E-state index contributed by atoms with van der Waals surface area (Å²) < 4.78 is 0. The average Bonchev–Trinajstić information content (AvgIpc) is 2.43. The summed E-state index contributed by atoms with van der Waals surface area (Å²) in [4.78, 5) is 0. The Hall–Kier alpha value is 0. The van der Waals surface area contributed by atoms with Gasteiger partial charge in [0, 0.05) is 0 Å². The lowest BCUT2D eigenvalue weighted by Crippen LogP contribution is -2.25. The highest BCUT2D eigenvalue weighted by molar-refractivity contribution is 4.92. The second-order valence-electron chi connectivity index (χ2n) is 4.84. The Morgan fingerprint density at radius 3 is 2.30 bits per heavy atom. The van der Waals surface area contributed by atoms with Crippen LogP contribution in [-0.4, -0.2) is 0 Å². The fourth-order valence-electron chi connectivity index (χ4n) is 2.30. The van der Waals surface area contributed by atoms with E-state index in [4.69, 9.17) is 0 Å². The van der Waals surface area contributed by atoms with Gasteiger partial charge < -0.3 is 0 Å². The summed E-state index contributed by atoms with van der Waals surface area (Å²) in [7, 11) is 0. The molecule has 0 bridgehead atoms. The topological polar surface area (TPSA) is 0 Å². The van der Waals surface area contributed by atoms with Crippen LogP contribution in [0, 0.1) is 17.3 Å². The number of rotatable bonds is 2. The van der Waals surface area contributed by atoms with Crippen LogP contribution in [0.2, 0.25) is 0 Å². The molecule has 0 aromatic rings. The highest BCUT2D eigenvalue weighted by atomic mass is 14.5. The van der Waals surface area contributed by atoms with Gasteiger partial charge in [0.1, 0.15) is 0 Å². The monoisotopic (exact) mass is 138 g/mol. The Morgan fingerprint density at radius 1 is 1.40 bits per heavy atom. The van der Waals surface area contributed by atoms with Crippen LogP contribution in [0.25, 0.3) is 0 Å². The molecule has 0 spiro atoms. The van der Waals surface area contributed by atoms with Crippen molar-refractivity contribution in [1.29, 1.82) is 0 Å². The Morgan fingerprint density at radius 2 is 2.00 bits per heavy atom. The van der Waals surface area contributed by atoms with E-state index in [1.807, 2.05) is 0 Å². The summed E-state index contributed by atoms with van der Waals surface area (Å²) >= 11 is 0. The van der Waals surface area contributed by atoms with Gasteiger partial charge in [0.15, 0.2) is 0 Å². The zero-order valence-electron chi connectivity index (χ0n) is 7.19. The highest BCUT2D eigenvalue weighted by Crippen LogP contribution is 2.53. The maximum Gasteiger partial charge on any atom is -0.0323 e. The molecular weight excluding hydrogens is 120 g/mol. The van der Waals surface area contributed by atoms with Gasteiger partial charge in [-0.25, -0.2) is 0 Å².